The number of hydrogen-bond donors (Lipinski definition) is 3. The molecule has 0 aliphatic heterocycles. The number of carbonyl (C=O) groups excluding carboxylic acids is 1. The smallest absolute Gasteiger partial charge is 0.221 e. The Morgan fingerprint density at radius 1 is 1.29 bits per heavy atom. The molecule has 0 saturated carbocycles. The Hall–Kier alpha value is -0.810. The number of carbonyl (C=O) groups is 1. The Bertz CT molecular complexity index is 467. The lowest BCUT2D eigenvalue weighted by atomic mass is 10.1. The van der Waals surface area contributed by atoms with Crippen LogP contribution in [0.5, 0.6) is 0 Å². The van der Waals surface area contributed by atoms with Crippen LogP contribution in [0.2, 0.25) is 10.0 Å². The molecule has 1 aromatic carbocycles. The van der Waals surface area contributed by atoms with Gasteiger partial charge in [0, 0.05) is 41.7 Å². The van der Waals surface area contributed by atoms with Crippen LogP contribution < -0.4 is 10.6 Å². The summed E-state index contributed by atoms with van der Waals surface area (Å²) in [5.41, 5.74) is 0.584. The Kier molecular flexibility index (Phi) is 8.04. The molecular formula is C15H22Cl2N2O2. The van der Waals surface area contributed by atoms with Gasteiger partial charge in [-0.15, -0.1) is 0 Å². The summed E-state index contributed by atoms with van der Waals surface area (Å²) in [7, 11) is 0. The molecular weight excluding hydrogens is 311 g/mol. The zero-order chi connectivity index (χ0) is 15.8. The monoisotopic (exact) mass is 332 g/mol. The summed E-state index contributed by atoms with van der Waals surface area (Å²) in [6.45, 7) is 5.59. The lowest BCUT2D eigenvalue weighted by Gasteiger charge is -2.14. The van der Waals surface area contributed by atoms with Crippen LogP contribution in [-0.2, 0) is 4.79 Å². The molecule has 0 aliphatic carbocycles. The van der Waals surface area contributed by atoms with Gasteiger partial charge >= 0.3 is 0 Å². The second-order valence-electron chi connectivity index (χ2n) is 5.33. The lowest BCUT2D eigenvalue weighted by Crippen LogP contribution is -2.31. The van der Waals surface area contributed by atoms with Gasteiger partial charge in [0.2, 0.25) is 5.91 Å². The molecule has 118 valence electrons. The van der Waals surface area contributed by atoms with E-state index in [0.717, 1.165) is 0 Å². The summed E-state index contributed by atoms with van der Waals surface area (Å²) < 4.78 is 0. The van der Waals surface area contributed by atoms with E-state index in [4.69, 9.17) is 23.2 Å². The zero-order valence-corrected chi connectivity index (χ0v) is 13.8. The minimum atomic E-state index is -0.755. The normalized spacial score (nSPS) is 12.5. The van der Waals surface area contributed by atoms with Gasteiger partial charge in [-0.3, -0.25) is 4.79 Å². The molecule has 3 N–H and O–H groups in total. The molecule has 1 atom stereocenters. The van der Waals surface area contributed by atoms with E-state index in [1.807, 2.05) is 13.8 Å². The zero-order valence-electron chi connectivity index (χ0n) is 12.3. The van der Waals surface area contributed by atoms with Crippen LogP contribution in [0.3, 0.4) is 0 Å². The highest BCUT2D eigenvalue weighted by Crippen LogP contribution is 2.25. The number of aliphatic hydroxyl groups is 1. The van der Waals surface area contributed by atoms with Crippen molar-refractivity contribution in [2.75, 3.05) is 19.6 Å². The van der Waals surface area contributed by atoms with E-state index in [0.29, 0.717) is 47.6 Å². The molecule has 0 spiro atoms. The Morgan fingerprint density at radius 2 is 2.00 bits per heavy atom. The minimum Gasteiger partial charge on any atom is -0.387 e. The molecule has 1 amide bonds. The average Bonchev–Trinajstić information content (AvgIpc) is 2.43. The highest BCUT2D eigenvalue weighted by Gasteiger charge is 2.12. The van der Waals surface area contributed by atoms with Crippen LogP contribution in [-0.4, -0.2) is 30.6 Å². The third-order valence-corrected chi connectivity index (χ3v) is 3.47. The molecule has 1 unspecified atom stereocenters. The SMILES string of the molecule is CC(C)CNC(=O)CCNCC(O)c1cc(Cl)ccc1Cl. The molecule has 0 radical (unpaired) electrons. The van der Waals surface area contributed by atoms with E-state index in [1.54, 1.807) is 18.2 Å². The second kappa shape index (κ2) is 9.26. The maximum Gasteiger partial charge on any atom is 0.221 e. The second-order valence-corrected chi connectivity index (χ2v) is 6.18. The number of halogens is 2. The van der Waals surface area contributed by atoms with Crippen LogP contribution in [0.25, 0.3) is 0 Å². The van der Waals surface area contributed by atoms with Crippen molar-refractivity contribution < 1.29 is 9.90 Å². The molecule has 0 saturated heterocycles. The third-order valence-electron chi connectivity index (χ3n) is 2.89. The van der Waals surface area contributed by atoms with Crippen LogP contribution in [0.15, 0.2) is 18.2 Å². The van der Waals surface area contributed by atoms with E-state index in [9.17, 15) is 9.90 Å². The summed E-state index contributed by atoms with van der Waals surface area (Å²) >= 11 is 11.9. The number of hydrogen-bond acceptors (Lipinski definition) is 3. The van der Waals surface area contributed by atoms with E-state index in [-0.39, 0.29) is 5.91 Å². The third kappa shape index (κ3) is 7.14. The fourth-order valence-electron chi connectivity index (χ4n) is 1.73. The predicted octanol–water partition coefficient (Wildman–Crippen LogP) is 2.78. The summed E-state index contributed by atoms with van der Waals surface area (Å²) in [5, 5.41) is 16.9. The van der Waals surface area contributed by atoms with Gasteiger partial charge < -0.3 is 15.7 Å². The lowest BCUT2D eigenvalue weighted by molar-refractivity contribution is -0.121. The van der Waals surface area contributed by atoms with Crippen LogP contribution in [0, 0.1) is 5.92 Å². The van der Waals surface area contributed by atoms with Crippen molar-refractivity contribution in [2.45, 2.75) is 26.4 Å². The Balaban J connectivity index is 2.29. The first-order valence-corrected chi connectivity index (χ1v) is 7.76. The summed E-state index contributed by atoms with van der Waals surface area (Å²) in [6.07, 6.45) is -0.377. The van der Waals surface area contributed by atoms with Crippen molar-refractivity contribution in [2.24, 2.45) is 5.92 Å². The highest BCUT2D eigenvalue weighted by atomic mass is 35.5. The van der Waals surface area contributed by atoms with E-state index < -0.39 is 6.10 Å². The first-order chi connectivity index (χ1) is 9.90. The molecule has 1 rings (SSSR count). The van der Waals surface area contributed by atoms with Gasteiger partial charge in [0.1, 0.15) is 0 Å². The van der Waals surface area contributed by atoms with Gasteiger partial charge in [-0.1, -0.05) is 37.0 Å². The molecule has 0 bridgehead atoms. The molecule has 0 aromatic heterocycles. The maximum atomic E-state index is 11.5. The van der Waals surface area contributed by atoms with Crippen LogP contribution in [0.1, 0.15) is 31.9 Å². The topological polar surface area (TPSA) is 61.4 Å². The Morgan fingerprint density at radius 3 is 2.67 bits per heavy atom. The maximum absolute atomic E-state index is 11.5. The molecule has 0 heterocycles. The standard InChI is InChI=1S/C15H22Cl2N2O2/c1-10(2)8-19-15(21)5-6-18-9-14(20)12-7-11(16)3-4-13(12)17/h3-4,7,10,14,18,20H,5-6,8-9H2,1-2H3,(H,19,21). The highest BCUT2D eigenvalue weighted by molar-refractivity contribution is 6.33. The van der Waals surface area contributed by atoms with E-state index in [1.165, 1.54) is 0 Å². The van der Waals surface area contributed by atoms with Crippen molar-refractivity contribution in [3.8, 4) is 0 Å². The summed E-state index contributed by atoms with van der Waals surface area (Å²) in [6, 6.07) is 4.97. The average molecular weight is 333 g/mol. The Labute approximate surface area is 135 Å². The molecule has 21 heavy (non-hydrogen) atoms. The molecule has 4 nitrogen and oxygen atoms in total. The van der Waals surface area contributed by atoms with Gasteiger partial charge in [-0.25, -0.2) is 0 Å². The fourth-order valence-corrected chi connectivity index (χ4v) is 2.15. The van der Waals surface area contributed by atoms with Gasteiger partial charge in [-0.05, 0) is 24.1 Å². The van der Waals surface area contributed by atoms with Gasteiger partial charge in [0.05, 0.1) is 6.10 Å². The van der Waals surface area contributed by atoms with Crippen molar-refractivity contribution >= 4 is 29.1 Å². The number of nitrogens with one attached hydrogen (secondary N) is 2. The quantitative estimate of drug-likeness (QED) is 0.641. The predicted molar refractivity (Wildman–Crippen MR) is 86.8 cm³/mol. The van der Waals surface area contributed by atoms with Crippen LogP contribution >= 0.6 is 23.2 Å². The first-order valence-electron chi connectivity index (χ1n) is 7.00. The summed E-state index contributed by atoms with van der Waals surface area (Å²) in [5.74, 6) is 0.445. The molecule has 6 heteroatoms. The molecule has 0 fully saturated rings. The minimum absolute atomic E-state index is 0.00600. The first kappa shape index (κ1) is 18.2. The van der Waals surface area contributed by atoms with Gasteiger partial charge in [0.25, 0.3) is 0 Å². The largest absolute Gasteiger partial charge is 0.387 e. The fraction of sp³-hybridized carbons (Fsp3) is 0.533. The van der Waals surface area contributed by atoms with Crippen molar-refractivity contribution in [1.29, 1.82) is 0 Å². The van der Waals surface area contributed by atoms with E-state index >= 15 is 0 Å². The van der Waals surface area contributed by atoms with E-state index in [2.05, 4.69) is 10.6 Å². The van der Waals surface area contributed by atoms with Gasteiger partial charge in [0.15, 0.2) is 0 Å². The van der Waals surface area contributed by atoms with Crippen LogP contribution in [0.4, 0.5) is 0 Å². The van der Waals surface area contributed by atoms with Gasteiger partial charge in [-0.2, -0.15) is 0 Å². The molecule has 0 aliphatic rings. The molecule has 1 aromatic rings. The number of amides is 1. The number of benzene rings is 1. The van der Waals surface area contributed by atoms with Crippen molar-refractivity contribution in [1.82, 2.24) is 10.6 Å². The number of rotatable bonds is 8. The number of aliphatic hydroxyl groups excluding tert-OH is 1. The summed E-state index contributed by atoms with van der Waals surface area (Å²) in [4.78, 5) is 11.5. The van der Waals surface area contributed by atoms with Crippen molar-refractivity contribution in [3.63, 3.8) is 0 Å². The van der Waals surface area contributed by atoms with Crippen molar-refractivity contribution in [3.05, 3.63) is 33.8 Å².